The highest BCUT2D eigenvalue weighted by Crippen LogP contribution is 2.23. The number of hydrogen-bond acceptors (Lipinski definition) is 2. The first-order valence-corrected chi connectivity index (χ1v) is 7.41. The molecule has 0 aliphatic heterocycles. The fraction of sp³-hybridized carbons (Fsp3) is 0.333. The molecule has 0 radical (unpaired) electrons. The molecule has 17 heavy (non-hydrogen) atoms. The average Bonchev–Trinajstić information content (AvgIpc) is 2.72. The van der Waals surface area contributed by atoms with E-state index in [1.54, 1.807) is 0 Å². The van der Waals surface area contributed by atoms with Crippen molar-refractivity contribution in [2.24, 2.45) is 0 Å². The molecule has 0 atom stereocenters. The smallest absolute Gasteiger partial charge is 0.164 e. The van der Waals surface area contributed by atoms with Crippen LogP contribution in [0.15, 0.2) is 28.7 Å². The molecule has 0 aliphatic carbocycles. The third-order valence-electron chi connectivity index (χ3n) is 2.48. The highest BCUT2D eigenvalue weighted by molar-refractivity contribution is 9.10. The number of aromatic nitrogens is 3. The summed E-state index contributed by atoms with van der Waals surface area (Å²) in [5.74, 6) is 1.91. The normalized spacial score (nSPS) is 10.8. The van der Waals surface area contributed by atoms with Crippen molar-refractivity contribution in [2.75, 3.05) is 0 Å². The van der Waals surface area contributed by atoms with Crippen molar-refractivity contribution in [3.63, 3.8) is 0 Å². The first kappa shape index (κ1) is 12.8. The molecule has 1 heterocycles. The third-order valence-corrected chi connectivity index (χ3v) is 3.47. The van der Waals surface area contributed by atoms with Gasteiger partial charge in [-0.3, -0.25) is 0 Å². The van der Waals surface area contributed by atoms with Crippen molar-refractivity contribution in [3.8, 4) is 11.4 Å². The maximum atomic E-state index is 4.28. The van der Waals surface area contributed by atoms with E-state index in [0.717, 1.165) is 40.0 Å². The molecule has 0 amide bonds. The van der Waals surface area contributed by atoms with Gasteiger partial charge >= 0.3 is 0 Å². The molecular formula is C12H13Br2N3. The summed E-state index contributed by atoms with van der Waals surface area (Å²) in [6.07, 6.45) is 1.07. The zero-order chi connectivity index (χ0) is 12.3. The molecule has 1 aromatic heterocycles. The van der Waals surface area contributed by atoms with Gasteiger partial charge in [0.05, 0.1) is 5.33 Å². The number of alkyl halides is 1. The van der Waals surface area contributed by atoms with Crippen molar-refractivity contribution in [1.82, 2.24) is 14.8 Å². The van der Waals surface area contributed by atoms with Crippen LogP contribution in [-0.4, -0.2) is 14.8 Å². The van der Waals surface area contributed by atoms with Crippen LogP contribution in [0, 0.1) is 0 Å². The predicted molar refractivity (Wildman–Crippen MR) is 76.1 cm³/mol. The van der Waals surface area contributed by atoms with Crippen molar-refractivity contribution < 1.29 is 0 Å². The molecule has 1 aromatic carbocycles. The molecule has 0 aliphatic rings. The zero-order valence-corrected chi connectivity index (χ0v) is 12.7. The summed E-state index contributed by atoms with van der Waals surface area (Å²) in [5.41, 5.74) is 1.09. The number of nitrogens with zero attached hydrogens (tertiary/aromatic N) is 3. The molecule has 0 spiro atoms. The number of halogens is 2. The van der Waals surface area contributed by atoms with Gasteiger partial charge in [-0.25, -0.2) is 0 Å². The van der Waals surface area contributed by atoms with E-state index in [9.17, 15) is 0 Å². The van der Waals surface area contributed by atoms with Gasteiger partial charge in [-0.05, 0) is 18.6 Å². The van der Waals surface area contributed by atoms with Crippen LogP contribution in [0.5, 0.6) is 0 Å². The van der Waals surface area contributed by atoms with Gasteiger partial charge in [0, 0.05) is 16.6 Å². The monoisotopic (exact) mass is 357 g/mol. The van der Waals surface area contributed by atoms with Crippen molar-refractivity contribution in [1.29, 1.82) is 0 Å². The predicted octanol–water partition coefficient (Wildman–Crippen LogP) is 4.01. The Balaban J connectivity index is 2.47. The van der Waals surface area contributed by atoms with Gasteiger partial charge in [-0.15, -0.1) is 10.2 Å². The third kappa shape index (κ3) is 2.77. The second-order valence-electron chi connectivity index (χ2n) is 3.74. The Bertz CT molecular complexity index is 508. The second-order valence-corrected chi connectivity index (χ2v) is 5.21. The summed E-state index contributed by atoms with van der Waals surface area (Å²) >= 11 is 6.93. The van der Waals surface area contributed by atoms with E-state index < -0.39 is 0 Å². The molecule has 0 N–H and O–H groups in total. The van der Waals surface area contributed by atoms with Crippen LogP contribution in [0.1, 0.15) is 19.2 Å². The molecule has 0 bridgehead atoms. The maximum Gasteiger partial charge on any atom is 0.164 e. The Hall–Kier alpha value is -0.680. The van der Waals surface area contributed by atoms with E-state index >= 15 is 0 Å². The van der Waals surface area contributed by atoms with Crippen LogP contribution in [0.2, 0.25) is 0 Å². The van der Waals surface area contributed by atoms with E-state index in [1.165, 1.54) is 0 Å². The average molecular weight is 359 g/mol. The van der Waals surface area contributed by atoms with Crippen molar-refractivity contribution in [2.45, 2.75) is 25.2 Å². The summed E-state index contributed by atoms with van der Waals surface area (Å²) in [4.78, 5) is 0. The Kier molecular flexibility index (Phi) is 4.34. The van der Waals surface area contributed by atoms with E-state index in [-0.39, 0.29) is 0 Å². The Morgan fingerprint density at radius 3 is 2.76 bits per heavy atom. The van der Waals surface area contributed by atoms with Gasteiger partial charge in [0.1, 0.15) is 5.82 Å². The molecule has 5 heteroatoms. The first-order chi connectivity index (χ1) is 8.26. The lowest BCUT2D eigenvalue weighted by Crippen LogP contribution is -2.03. The van der Waals surface area contributed by atoms with Crippen LogP contribution in [0.25, 0.3) is 11.4 Å². The molecule has 0 fully saturated rings. The van der Waals surface area contributed by atoms with Gasteiger partial charge < -0.3 is 4.57 Å². The van der Waals surface area contributed by atoms with Crippen LogP contribution < -0.4 is 0 Å². The van der Waals surface area contributed by atoms with E-state index in [4.69, 9.17) is 0 Å². The van der Waals surface area contributed by atoms with E-state index in [2.05, 4.69) is 65.7 Å². The SMILES string of the molecule is CCCn1c(CBr)nnc1-c1cccc(Br)c1. The molecule has 0 saturated heterocycles. The van der Waals surface area contributed by atoms with Crippen LogP contribution >= 0.6 is 31.9 Å². The van der Waals surface area contributed by atoms with Crippen LogP contribution in [0.3, 0.4) is 0 Å². The van der Waals surface area contributed by atoms with Crippen molar-refractivity contribution in [3.05, 3.63) is 34.6 Å². The quantitative estimate of drug-likeness (QED) is 0.773. The minimum absolute atomic E-state index is 0.730. The summed E-state index contributed by atoms with van der Waals surface area (Å²) in [6, 6.07) is 8.14. The largest absolute Gasteiger partial charge is 0.310 e. The minimum Gasteiger partial charge on any atom is -0.310 e. The standard InChI is InChI=1S/C12H13Br2N3/c1-2-6-17-11(8-13)15-16-12(17)9-4-3-5-10(14)7-9/h3-5,7H,2,6,8H2,1H3. The minimum atomic E-state index is 0.730. The van der Waals surface area contributed by atoms with Gasteiger partial charge in [-0.2, -0.15) is 0 Å². The summed E-state index contributed by atoms with van der Waals surface area (Å²) < 4.78 is 3.22. The molecule has 2 aromatic rings. The number of rotatable bonds is 4. The van der Waals surface area contributed by atoms with Crippen molar-refractivity contribution >= 4 is 31.9 Å². The summed E-state index contributed by atoms with van der Waals surface area (Å²) in [7, 11) is 0. The number of hydrogen-bond donors (Lipinski definition) is 0. The Labute approximate surface area is 118 Å². The topological polar surface area (TPSA) is 30.7 Å². The fourth-order valence-electron chi connectivity index (χ4n) is 1.73. The van der Waals surface area contributed by atoms with E-state index in [0.29, 0.717) is 0 Å². The molecule has 3 nitrogen and oxygen atoms in total. The lowest BCUT2D eigenvalue weighted by molar-refractivity contribution is 0.661. The number of benzene rings is 1. The molecule has 2 rings (SSSR count). The van der Waals surface area contributed by atoms with Crippen LogP contribution in [0.4, 0.5) is 0 Å². The first-order valence-electron chi connectivity index (χ1n) is 5.50. The van der Waals surface area contributed by atoms with Gasteiger partial charge in [-0.1, -0.05) is 50.9 Å². The highest BCUT2D eigenvalue weighted by Gasteiger charge is 2.12. The Morgan fingerprint density at radius 2 is 2.12 bits per heavy atom. The summed E-state index contributed by atoms with van der Waals surface area (Å²) in [6.45, 7) is 3.10. The van der Waals surface area contributed by atoms with Gasteiger partial charge in [0.2, 0.25) is 0 Å². The van der Waals surface area contributed by atoms with Crippen LogP contribution in [-0.2, 0) is 11.9 Å². The molecule has 0 unspecified atom stereocenters. The van der Waals surface area contributed by atoms with Gasteiger partial charge in [0.25, 0.3) is 0 Å². The maximum absolute atomic E-state index is 4.28. The zero-order valence-electron chi connectivity index (χ0n) is 9.53. The molecule has 0 saturated carbocycles. The molecule has 90 valence electrons. The second kappa shape index (κ2) is 5.78. The lowest BCUT2D eigenvalue weighted by atomic mass is 10.2. The molecular weight excluding hydrogens is 346 g/mol. The Morgan fingerprint density at radius 1 is 1.29 bits per heavy atom. The fourth-order valence-corrected chi connectivity index (χ4v) is 2.55. The lowest BCUT2D eigenvalue weighted by Gasteiger charge is -2.07. The van der Waals surface area contributed by atoms with Gasteiger partial charge in [0.15, 0.2) is 5.82 Å². The highest BCUT2D eigenvalue weighted by atomic mass is 79.9. The summed E-state index contributed by atoms with van der Waals surface area (Å²) in [5, 5.41) is 9.22. The van der Waals surface area contributed by atoms with E-state index in [1.807, 2.05) is 12.1 Å².